The normalized spacial score (nSPS) is 14.9. The van der Waals surface area contributed by atoms with Gasteiger partial charge < -0.3 is 10.0 Å². The van der Waals surface area contributed by atoms with Crippen molar-refractivity contribution >= 4 is 17.7 Å². The number of hydrogen-bond acceptors (Lipinski definition) is 5. The second-order valence-electron chi connectivity index (χ2n) is 6.93. The van der Waals surface area contributed by atoms with Crippen LogP contribution in [0, 0.1) is 0 Å². The van der Waals surface area contributed by atoms with Gasteiger partial charge in [-0.25, -0.2) is 4.98 Å². The van der Waals surface area contributed by atoms with Crippen molar-refractivity contribution in [1.82, 2.24) is 20.1 Å². The molecule has 1 aromatic heterocycles. The molecule has 1 fully saturated rings. The van der Waals surface area contributed by atoms with Crippen LogP contribution >= 0.6 is 11.8 Å². The number of benzene rings is 2. The van der Waals surface area contributed by atoms with Crippen molar-refractivity contribution in [1.29, 1.82) is 0 Å². The highest BCUT2D eigenvalue weighted by Crippen LogP contribution is 2.29. The number of thioether (sulfide) groups is 1. The number of aromatic hydroxyl groups is 1. The molecule has 1 aliphatic rings. The minimum absolute atomic E-state index is 0.0959. The van der Waals surface area contributed by atoms with Gasteiger partial charge in [0.25, 0.3) is 5.91 Å². The van der Waals surface area contributed by atoms with Gasteiger partial charge in [0.1, 0.15) is 12.1 Å². The van der Waals surface area contributed by atoms with Crippen molar-refractivity contribution in [2.45, 2.75) is 29.7 Å². The predicted octanol–water partition coefficient (Wildman–Crippen LogP) is 3.82. The summed E-state index contributed by atoms with van der Waals surface area (Å²) in [7, 11) is 0. The van der Waals surface area contributed by atoms with Crippen molar-refractivity contribution in [3.8, 4) is 5.75 Å². The van der Waals surface area contributed by atoms with E-state index in [4.69, 9.17) is 0 Å². The highest BCUT2D eigenvalue weighted by molar-refractivity contribution is 7.98. The Bertz CT molecular complexity index is 903. The summed E-state index contributed by atoms with van der Waals surface area (Å²) in [4.78, 5) is 18.8. The summed E-state index contributed by atoms with van der Waals surface area (Å²) in [6.07, 6.45) is 3.39. The molecular weight excluding hydrogens is 372 g/mol. The summed E-state index contributed by atoms with van der Waals surface area (Å²) >= 11 is 1.58. The molecule has 144 valence electrons. The van der Waals surface area contributed by atoms with Gasteiger partial charge in [-0.2, -0.15) is 5.10 Å². The van der Waals surface area contributed by atoms with E-state index in [1.165, 1.54) is 11.9 Å². The number of hydrogen-bond donors (Lipinski definition) is 2. The lowest BCUT2D eigenvalue weighted by molar-refractivity contribution is 0.0713. The van der Waals surface area contributed by atoms with Crippen molar-refractivity contribution in [3.05, 3.63) is 71.5 Å². The zero-order valence-corrected chi connectivity index (χ0v) is 16.2. The summed E-state index contributed by atoms with van der Waals surface area (Å²) in [6, 6.07) is 15.2. The third-order valence-electron chi connectivity index (χ3n) is 5.12. The molecule has 1 amide bonds. The number of piperidine rings is 1. The molecule has 7 heteroatoms. The molecule has 0 aliphatic carbocycles. The lowest BCUT2D eigenvalue weighted by atomic mass is 9.89. The number of carbonyl (C=O) groups is 1. The van der Waals surface area contributed by atoms with Gasteiger partial charge in [-0.1, -0.05) is 36.0 Å². The van der Waals surface area contributed by atoms with Gasteiger partial charge in [-0.3, -0.25) is 9.89 Å². The third-order valence-corrected chi connectivity index (χ3v) is 6.06. The van der Waals surface area contributed by atoms with E-state index in [2.05, 4.69) is 15.2 Å². The quantitative estimate of drug-likeness (QED) is 0.643. The number of aromatic amines is 1. The summed E-state index contributed by atoms with van der Waals surface area (Å²) in [6.45, 7) is 1.51. The number of rotatable bonds is 5. The lowest BCUT2D eigenvalue weighted by Gasteiger charge is -2.32. The molecule has 0 unspecified atom stereocenters. The fraction of sp³-hybridized carbons (Fsp3) is 0.286. The highest BCUT2D eigenvalue weighted by atomic mass is 32.2. The summed E-state index contributed by atoms with van der Waals surface area (Å²) in [5.74, 6) is 1.61. The average molecular weight is 395 g/mol. The molecule has 3 aromatic rings. The minimum Gasteiger partial charge on any atom is -0.508 e. The largest absolute Gasteiger partial charge is 0.508 e. The molecule has 2 heterocycles. The molecule has 4 rings (SSSR count). The Hall–Kier alpha value is -2.80. The number of aromatic nitrogens is 3. The topological polar surface area (TPSA) is 82.1 Å². The number of phenols is 1. The van der Waals surface area contributed by atoms with E-state index in [1.807, 2.05) is 41.3 Å². The van der Waals surface area contributed by atoms with Crippen LogP contribution in [0.1, 0.15) is 40.2 Å². The van der Waals surface area contributed by atoms with E-state index in [0.717, 1.165) is 48.0 Å². The maximum absolute atomic E-state index is 12.8. The van der Waals surface area contributed by atoms with Crippen LogP contribution in [0.3, 0.4) is 0 Å². The first-order chi connectivity index (χ1) is 13.7. The molecular formula is C21H22N4O2S. The monoisotopic (exact) mass is 394 g/mol. The fourth-order valence-corrected chi connectivity index (χ4v) is 4.24. The Kier molecular flexibility index (Phi) is 5.62. The van der Waals surface area contributed by atoms with E-state index >= 15 is 0 Å². The summed E-state index contributed by atoms with van der Waals surface area (Å²) in [5.41, 5.74) is 3.11. The highest BCUT2D eigenvalue weighted by Gasteiger charge is 2.24. The van der Waals surface area contributed by atoms with Crippen LogP contribution in [0.25, 0.3) is 0 Å². The van der Waals surface area contributed by atoms with E-state index in [0.29, 0.717) is 11.7 Å². The van der Waals surface area contributed by atoms with Crippen LogP contribution in [0.2, 0.25) is 0 Å². The maximum atomic E-state index is 12.8. The number of H-pyrrole nitrogens is 1. The summed E-state index contributed by atoms with van der Waals surface area (Å²) < 4.78 is 0. The van der Waals surface area contributed by atoms with Crippen molar-refractivity contribution < 1.29 is 9.90 Å². The zero-order chi connectivity index (χ0) is 19.3. The van der Waals surface area contributed by atoms with Crippen LogP contribution < -0.4 is 0 Å². The Morgan fingerprint density at radius 2 is 1.82 bits per heavy atom. The number of amides is 1. The van der Waals surface area contributed by atoms with Crippen molar-refractivity contribution in [2.24, 2.45) is 0 Å². The molecule has 2 N–H and O–H groups in total. The second kappa shape index (κ2) is 8.48. The first-order valence-electron chi connectivity index (χ1n) is 9.34. The van der Waals surface area contributed by atoms with Crippen LogP contribution in [-0.2, 0) is 5.75 Å². The molecule has 2 aromatic carbocycles. The molecule has 1 saturated heterocycles. The standard InChI is InChI=1S/C21H22N4O2S/c26-19-7-5-16(6-8-19)17-9-11-25(12-10-17)20(27)18-3-1-15(2-4-18)13-28-21-22-14-23-24-21/h1-8,14,17,26H,9-13H2,(H,22,23,24). The van der Waals surface area contributed by atoms with Crippen LogP contribution in [0.5, 0.6) is 5.75 Å². The fourth-order valence-electron chi connectivity index (χ4n) is 3.50. The van der Waals surface area contributed by atoms with Crippen LogP contribution in [-0.4, -0.2) is 44.2 Å². The molecule has 0 atom stereocenters. The molecule has 0 bridgehead atoms. The molecule has 1 aliphatic heterocycles. The number of nitrogens with one attached hydrogen (secondary N) is 1. The second-order valence-corrected chi connectivity index (χ2v) is 7.90. The van der Waals surface area contributed by atoms with Crippen molar-refractivity contribution in [2.75, 3.05) is 13.1 Å². The molecule has 28 heavy (non-hydrogen) atoms. The summed E-state index contributed by atoms with van der Waals surface area (Å²) in [5, 5.41) is 16.9. The van der Waals surface area contributed by atoms with Gasteiger partial charge in [-0.15, -0.1) is 0 Å². The van der Waals surface area contributed by atoms with E-state index in [9.17, 15) is 9.90 Å². The van der Waals surface area contributed by atoms with E-state index in [1.54, 1.807) is 23.9 Å². The molecule has 0 radical (unpaired) electrons. The number of phenolic OH excluding ortho intramolecular Hbond substituents is 1. The Morgan fingerprint density at radius 3 is 2.46 bits per heavy atom. The van der Waals surface area contributed by atoms with Gasteiger partial charge in [0.05, 0.1) is 0 Å². The van der Waals surface area contributed by atoms with E-state index < -0.39 is 0 Å². The Morgan fingerprint density at radius 1 is 1.11 bits per heavy atom. The Balaban J connectivity index is 1.31. The van der Waals surface area contributed by atoms with Gasteiger partial charge in [-0.05, 0) is 54.2 Å². The van der Waals surface area contributed by atoms with Crippen LogP contribution in [0.4, 0.5) is 0 Å². The van der Waals surface area contributed by atoms with Crippen molar-refractivity contribution in [3.63, 3.8) is 0 Å². The van der Waals surface area contributed by atoms with E-state index in [-0.39, 0.29) is 5.91 Å². The number of likely N-dealkylation sites (tertiary alicyclic amines) is 1. The number of carbonyl (C=O) groups excluding carboxylic acids is 1. The molecule has 0 saturated carbocycles. The van der Waals surface area contributed by atoms with Gasteiger partial charge in [0.2, 0.25) is 0 Å². The number of nitrogens with zero attached hydrogens (tertiary/aromatic N) is 3. The van der Waals surface area contributed by atoms with Gasteiger partial charge in [0, 0.05) is 24.4 Å². The SMILES string of the molecule is O=C(c1ccc(CSc2ncn[nH]2)cc1)N1CCC(c2ccc(O)cc2)CC1. The first-order valence-corrected chi connectivity index (χ1v) is 10.3. The third kappa shape index (κ3) is 4.36. The average Bonchev–Trinajstić information content (AvgIpc) is 3.27. The Labute approximate surface area is 168 Å². The molecule has 0 spiro atoms. The first kappa shape index (κ1) is 18.6. The zero-order valence-electron chi connectivity index (χ0n) is 15.4. The van der Waals surface area contributed by atoms with Gasteiger partial charge in [0.15, 0.2) is 5.16 Å². The lowest BCUT2D eigenvalue weighted by Crippen LogP contribution is -2.37. The minimum atomic E-state index is 0.0959. The van der Waals surface area contributed by atoms with Gasteiger partial charge >= 0.3 is 0 Å². The molecule has 6 nitrogen and oxygen atoms in total. The maximum Gasteiger partial charge on any atom is 0.253 e. The smallest absolute Gasteiger partial charge is 0.253 e. The van der Waals surface area contributed by atoms with Crippen LogP contribution in [0.15, 0.2) is 60.0 Å². The predicted molar refractivity (Wildman–Crippen MR) is 108 cm³/mol.